The molecule has 0 amide bonds. The van der Waals surface area contributed by atoms with Crippen LogP contribution in [0, 0.1) is 0 Å². The van der Waals surface area contributed by atoms with Gasteiger partial charge in [-0.25, -0.2) is 0 Å². The Labute approximate surface area is 133 Å². The highest BCUT2D eigenvalue weighted by Crippen LogP contribution is 2.17. The molecule has 1 N–H and O–H groups in total. The lowest BCUT2D eigenvalue weighted by molar-refractivity contribution is 0.407. The monoisotopic (exact) mass is 306 g/mol. The smallest absolute Gasteiger partial charge is 0.123 e. The zero-order valence-corrected chi connectivity index (χ0v) is 13.6. The highest BCUT2D eigenvalue weighted by Gasteiger charge is 2.01. The normalized spacial score (nSPS) is 9.86. The highest BCUT2D eigenvalue weighted by atomic mass is 35.5. The molecule has 0 saturated carbocycles. The van der Waals surface area contributed by atoms with Gasteiger partial charge in [-0.15, -0.1) is 12.4 Å². The van der Waals surface area contributed by atoms with Crippen molar-refractivity contribution in [2.45, 2.75) is 13.1 Å². The molecule has 2 aromatic rings. The molecule has 0 aromatic heterocycles. The lowest BCUT2D eigenvalue weighted by Crippen LogP contribution is -2.13. The zero-order valence-electron chi connectivity index (χ0n) is 12.8. The summed E-state index contributed by atoms with van der Waals surface area (Å²) in [4.78, 5) is 2.10. The quantitative estimate of drug-likeness (QED) is 0.884. The van der Waals surface area contributed by atoms with E-state index in [0.717, 1.165) is 18.8 Å². The van der Waals surface area contributed by atoms with Gasteiger partial charge >= 0.3 is 0 Å². The first kappa shape index (κ1) is 17.3. The van der Waals surface area contributed by atoms with E-state index in [1.165, 1.54) is 16.8 Å². The minimum Gasteiger partial charge on any atom is -0.496 e. The second-order valence-corrected chi connectivity index (χ2v) is 4.98. The molecule has 0 aliphatic carbocycles. The third-order valence-electron chi connectivity index (χ3n) is 3.29. The molecule has 0 aliphatic heterocycles. The summed E-state index contributed by atoms with van der Waals surface area (Å²) in [6.07, 6.45) is 0. The fraction of sp³-hybridized carbons (Fsp3) is 0.294. The Balaban J connectivity index is 0.00000220. The molecule has 0 heterocycles. The zero-order chi connectivity index (χ0) is 14.4. The second-order valence-electron chi connectivity index (χ2n) is 4.98. The van der Waals surface area contributed by atoms with Gasteiger partial charge in [-0.05, 0) is 23.8 Å². The Bertz CT molecular complexity index is 541. The predicted molar refractivity (Wildman–Crippen MR) is 91.6 cm³/mol. The van der Waals surface area contributed by atoms with Crippen LogP contribution in [-0.4, -0.2) is 21.2 Å². The molecule has 21 heavy (non-hydrogen) atoms. The van der Waals surface area contributed by atoms with Crippen LogP contribution in [0.15, 0.2) is 48.5 Å². The molecule has 0 unspecified atom stereocenters. The molecular formula is C17H23ClN2O. The highest BCUT2D eigenvalue weighted by molar-refractivity contribution is 5.85. The maximum absolute atomic E-state index is 5.34. The number of benzene rings is 2. The van der Waals surface area contributed by atoms with Crippen LogP contribution < -0.4 is 15.0 Å². The van der Waals surface area contributed by atoms with Crippen molar-refractivity contribution in [2.24, 2.45) is 0 Å². The predicted octanol–water partition coefficient (Wildman–Crippen LogP) is 3.47. The fourth-order valence-electron chi connectivity index (χ4n) is 2.10. The van der Waals surface area contributed by atoms with E-state index in [2.05, 4.69) is 54.6 Å². The first-order chi connectivity index (χ1) is 9.70. The maximum atomic E-state index is 5.34. The Kier molecular flexibility index (Phi) is 7.06. The number of rotatable bonds is 6. The number of nitrogens with one attached hydrogen (secondary N) is 1. The SMILES string of the molecule is COc1ccccc1CNCc1ccc(N(C)C)cc1.Cl. The van der Waals surface area contributed by atoms with E-state index >= 15 is 0 Å². The van der Waals surface area contributed by atoms with E-state index in [-0.39, 0.29) is 12.4 Å². The van der Waals surface area contributed by atoms with Gasteiger partial charge in [0, 0.05) is 38.4 Å². The number of para-hydroxylation sites is 1. The lowest BCUT2D eigenvalue weighted by atomic mass is 10.1. The number of anilines is 1. The van der Waals surface area contributed by atoms with E-state index in [1.807, 2.05) is 18.2 Å². The van der Waals surface area contributed by atoms with Crippen molar-refractivity contribution in [1.29, 1.82) is 0 Å². The van der Waals surface area contributed by atoms with Crippen molar-refractivity contribution in [3.63, 3.8) is 0 Å². The van der Waals surface area contributed by atoms with Gasteiger partial charge in [0.1, 0.15) is 5.75 Å². The van der Waals surface area contributed by atoms with E-state index in [4.69, 9.17) is 4.74 Å². The molecule has 0 aliphatic rings. The molecule has 4 heteroatoms. The Morgan fingerprint density at radius 1 is 0.952 bits per heavy atom. The summed E-state index contributed by atoms with van der Waals surface area (Å²) in [5.74, 6) is 0.933. The van der Waals surface area contributed by atoms with Crippen LogP contribution >= 0.6 is 12.4 Å². The molecule has 0 spiro atoms. The first-order valence-corrected chi connectivity index (χ1v) is 6.79. The van der Waals surface area contributed by atoms with Gasteiger partial charge in [0.25, 0.3) is 0 Å². The van der Waals surface area contributed by atoms with E-state index in [1.54, 1.807) is 7.11 Å². The first-order valence-electron chi connectivity index (χ1n) is 6.79. The average Bonchev–Trinajstić information content (AvgIpc) is 2.48. The Morgan fingerprint density at radius 3 is 2.24 bits per heavy atom. The number of hydrogen-bond acceptors (Lipinski definition) is 3. The van der Waals surface area contributed by atoms with Gasteiger partial charge in [-0.1, -0.05) is 30.3 Å². The summed E-state index contributed by atoms with van der Waals surface area (Å²) in [5, 5.41) is 3.45. The topological polar surface area (TPSA) is 24.5 Å². The summed E-state index contributed by atoms with van der Waals surface area (Å²) in [6.45, 7) is 1.66. The number of hydrogen-bond donors (Lipinski definition) is 1. The number of methoxy groups -OCH3 is 1. The number of halogens is 1. The van der Waals surface area contributed by atoms with E-state index in [9.17, 15) is 0 Å². The Morgan fingerprint density at radius 2 is 1.62 bits per heavy atom. The third-order valence-corrected chi connectivity index (χ3v) is 3.29. The average molecular weight is 307 g/mol. The van der Waals surface area contributed by atoms with E-state index in [0.29, 0.717) is 0 Å². The molecule has 2 aromatic carbocycles. The molecule has 2 rings (SSSR count). The van der Waals surface area contributed by atoms with Crippen LogP contribution in [-0.2, 0) is 13.1 Å². The van der Waals surface area contributed by atoms with Crippen LogP contribution in [0.4, 0.5) is 5.69 Å². The van der Waals surface area contributed by atoms with Gasteiger partial charge < -0.3 is 15.0 Å². The standard InChI is InChI=1S/C17H22N2O.ClH/c1-19(2)16-10-8-14(9-11-16)12-18-13-15-6-4-5-7-17(15)20-3;/h4-11,18H,12-13H2,1-3H3;1H. The summed E-state index contributed by atoms with van der Waals surface area (Å²) in [6, 6.07) is 16.7. The van der Waals surface area contributed by atoms with Crippen molar-refractivity contribution in [3.05, 3.63) is 59.7 Å². The molecule has 3 nitrogen and oxygen atoms in total. The number of nitrogens with zero attached hydrogens (tertiary/aromatic N) is 1. The van der Waals surface area contributed by atoms with Crippen molar-refractivity contribution in [3.8, 4) is 5.75 Å². The fourth-order valence-corrected chi connectivity index (χ4v) is 2.10. The summed E-state index contributed by atoms with van der Waals surface area (Å²) < 4.78 is 5.34. The molecule has 0 saturated heterocycles. The molecule has 0 fully saturated rings. The number of ether oxygens (including phenoxy) is 1. The maximum Gasteiger partial charge on any atom is 0.123 e. The van der Waals surface area contributed by atoms with E-state index < -0.39 is 0 Å². The summed E-state index contributed by atoms with van der Waals surface area (Å²) >= 11 is 0. The van der Waals surface area contributed by atoms with Crippen molar-refractivity contribution >= 4 is 18.1 Å². The lowest BCUT2D eigenvalue weighted by Gasteiger charge is -2.13. The van der Waals surface area contributed by atoms with Crippen molar-refractivity contribution in [2.75, 3.05) is 26.1 Å². The van der Waals surface area contributed by atoms with Gasteiger partial charge in [0.2, 0.25) is 0 Å². The van der Waals surface area contributed by atoms with Gasteiger partial charge in [0.05, 0.1) is 7.11 Å². The minimum atomic E-state index is 0. The second kappa shape index (κ2) is 8.55. The van der Waals surface area contributed by atoms with Crippen molar-refractivity contribution < 1.29 is 4.74 Å². The minimum absolute atomic E-state index is 0. The van der Waals surface area contributed by atoms with Crippen LogP contribution in [0.1, 0.15) is 11.1 Å². The van der Waals surface area contributed by atoms with Crippen LogP contribution in [0.5, 0.6) is 5.75 Å². The summed E-state index contributed by atoms with van der Waals surface area (Å²) in [7, 11) is 5.81. The van der Waals surface area contributed by atoms with Crippen LogP contribution in [0.2, 0.25) is 0 Å². The molecule has 0 radical (unpaired) electrons. The molecular weight excluding hydrogens is 284 g/mol. The van der Waals surface area contributed by atoms with Crippen molar-refractivity contribution in [1.82, 2.24) is 5.32 Å². The molecule has 0 bridgehead atoms. The van der Waals surface area contributed by atoms with Gasteiger partial charge in [-0.2, -0.15) is 0 Å². The third kappa shape index (κ3) is 4.96. The Hall–Kier alpha value is -1.71. The van der Waals surface area contributed by atoms with Gasteiger partial charge in [-0.3, -0.25) is 0 Å². The summed E-state index contributed by atoms with van der Waals surface area (Å²) in [5.41, 5.74) is 3.68. The van der Waals surface area contributed by atoms with Gasteiger partial charge in [0.15, 0.2) is 0 Å². The van der Waals surface area contributed by atoms with Crippen LogP contribution in [0.25, 0.3) is 0 Å². The molecule has 114 valence electrons. The molecule has 0 atom stereocenters. The largest absolute Gasteiger partial charge is 0.496 e. The van der Waals surface area contributed by atoms with Crippen LogP contribution in [0.3, 0.4) is 0 Å².